The molecule has 0 fully saturated rings. The molecule has 2 aromatic carbocycles. The van der Waals surface area contributed by atoms with E-state index in [9.17, 15) is 31.4 Å². The number of aromatic nitrogens is 2. The smallest absolute Gasteiger partial charge is 0.369 e. The monoisotopic (exact) mass is 457 g/mol. The van der Waals surface area contributed by atoms with Crippen molar-refractivity contribution in [3.63, 3.8) is 0 Å². The second-order valence-electron chi connectivity index (χ2n) is 6.43. The molecular formula is C20H13F6N3OS. The fraction of sp³-hybridized carbons (Fsp3) is 0.200. The summed E-state index contributed by atoms with van der Waals surface area (Å²) in [6, 6.07) is 12.2. The van der Waals surface area contributed by atoms with Crippen molar-refractivity contribution in [2.75, 3.05) is 0 Å². The number of thioether (sulfide) groups is 1. The number of hydrogen-bond acceptors (Lipinski definition) is 4. The molecule has 1 aromatic heterocycles. The zero-order chi connectivity index (χ0) is 22.9. The first-order valence-electron chi connectivity index (χ1n) is 8.59. The van der Waals surface area contributed by atoms with Crippen LogP contribution in [0.4, 0.5) is 26.3 Å². The second-order valence-corrected chi connectivity index (χ2v) is 7.38. The summed E-state index contributed by atoms with van der Waals surface area (Å²) in [5.41, 5.74) is -4.72. The highest BCUT2D eigenvalue weighted by molar-refractivity contribution is 7.98. The number of hydrogen-bond donors (Lipinski definition) is 1. The Kier molecular flexibility index (Phi) is 6.07. The summed E-state index contributed by atoms with van der Waals surface area (Å²) in [5.74, 6) is 0.437. The molecule has 1 N–H and O–H groups in total. The van der Waals surface area contributed by atoms with Gasteiger partial charge in [0.05, 0.1) is 11.6 Å². The average molecular weight is 457 g/mol. The first-order chi connectivity index (χ1) is 14.5. The summed E-state index contributed by atoms with van der Waals surface area (Å²) in [5, 5.41) is 18.9. The molecule has 31 heavy (non-hydrogen) atoms. The molecule has 11 heteroatoms. The number of rotatable bonds is 5. The van der Waals surface area contributed by atoms with Gasteiger partial charge < -0.3 is 5.11 Å². The molecule has 0 aliphatic rings. The van der Waals surface area contributed by atoms with Crippen LogP contribution < -0.4 is 0 Å². The summed E-state index contributed by atoms with van der Waals surface area (Å²) in [6.45, 7) is 0. The summed E-state index contributed by atoms with van der Waals surface area (Å²) >= 11 is 1.27. The van der Waals surface area contributed by atoms with Gasteiger partial charge in [0.2, 0.25) is 0 Å². The van der Waals surface area contributed by atoms with Crippen LogP contribution in [0.25, 0.3) is 5.69 Å². The Hall–Kier alpha value is -2.97. The van der Waals surface area contributed by atoms with Crippen LogP contribution in [0.3, 0.4) is 0 Å². The third-order valence-electron chi connectivity index (χ3n) is 4.41. The molecular weight excluding hydrogens is 444 g/mol. The molecule has 0 amide bonds. The quantitative estimate of drug-likeness (QED) is 0.415. The second kappa shape index (κ2) is 8.28. The van der Waals surface area contributed by atoms with E-state index in [1.54, 1.807) is 18.2 Å². The van der Waals surface area contributed by atoms with E-state index in [1.807, 2.05) is 12.1 Å². The van der Waals surface area contributed by atoms with E-state index in [0.717, 1.165) is 17.7 Å². The molecule has 3 aromatic rings. The van der Waals surface area contributed by atoms with E-state index in [2.05, 4.69) is 4.98 Å². The van der Waals surface area contributed by atoms with Crippen LogP contribution in [0.1, 0.15) is 16.7 Å². The summed E-state index contributed by atoms with van der Waals surface area (Å²) in [4.78, 5) is 4.15. The van der Waals surface area contributed by atoms with Crippen molar-refractivity contribution < 1.29 is 31.4 Å². The van der Waals surface area contributed by atoms with Crippen LogP contribution in [-0.4, -0.2) is 27.0 Å². The molecule has 0 saturated carbocycles. The predicted octanol–water partition coefficient (Wildman–Crippen LogP) is 5.35. The minimum atomic E-state index is -5.94. The number of aliphatic hydroxyl groups is 1. The van der Waals surface area contributed by atoms with Crippen molar-refractivity contribution in [1.29, 1.82) is 5.26 Å². The summed E-state index contributed by atoms with van der Waals surface area (Å²) in [6.07, 6.45) is -8.95. The number of nitriles is 1. The van der Waals surface area contributed by atoms with Crippen LogP contribution in [0.5, 0.6) is 0 Å². The van der Waals surface area contributed by atoms with Gasteiger partial charge in [-0.25, -0.2) is 4.98 Å². The topological polar surface area (TPSA) is 61.8 Å². The van der Waals surface area contributed by atoms with Crippen LogP contribution in [0.2, 0.25) is 0 Å². The fourth-order valence-corrected chi connectivity index (χ4v) is 3.74. The van der Waals surface area contributed by atoms with Gasteiger partial charge in [0, 0.05) is 29.4 Å². The highest BCUT2D eigenvalue weighted by Crippen LogP contribution is 2.50. The molecule has 3 rings (SSSR count). The third-order valence-corrected chi connectivity index (χ3v) is 5.45. The Balaban J connectivity index is 1.86. The lowest BCUT2D eigenvalue weighted by Crippen LogP contribution is -2.53. The van der Waals surface area contributed by atoms with E-state index in [1.165, 1.54) is 28.7 Å². The number of halogens is 6. The third kappa shape index (κ3) is 4.40. The maximum Gasteiger partial charge on any atom is 0.430 e. The normalized spacial score (nSPS) is 12.6. The molecule has 0 bridgehead atoms. The van der Waals surface area contributed by atoms with Gasteiger partial charge in [-0.2, -0.15) is 31.6 Å². The molecule has 0 aliphatic carbocycles. The molecule has 162 valence electrons. The Labute approximate surface area is 176 Å². The minimum absolute atomic E-state index is 0.265. The van der Waals surface area contributed by atoms with Gasteiger partial charge in [0.15, 0.2) is 5.16 Å². The van der Waals surface area contributed by atoms with Crippen molar-refractivity contribution in [2.45, 2.75) is 28.9 Å². The van der Waals surface area contributed by atoms with Crippen molar-refractivity contribution in [3.05, 3.63) is 77.6 Å². The molecule has 0 aliphatic heterocycles. The van der Waals surface area contributed by atoms with E-state index in [4.69, 9.17) is 5.26 Å². The number of benzene rings is 2. The molecule has 0 spiro atoms. The minimum Gasteiger partial charge on any atom is -0.369 e. The summed E-state index contributed by atoms with van der Waals surface area (Å²) < 4.78 is 79.7. The van der Waals surface area contributed by atoms with E-state index in [0.29, 0.717) is 28.6 Å². The lowest BCUT2D eigenvalue weighted by molar-refractivity contribution is -0.376. The van der Waals surface area contributed by atoms with E-state index >= 15 is 0 Å². The maximum atomic E-state index is 13.0. The first-order valence-corrected chi connectivity index (χ1v) is 9.58. The molecule has 0 radical (unpaired) electrons. The zero-order valence-electron chi connectivity index (χ0n) is 15.4. The Morgan fingerprint density at radius 2 is 1.65 bits per heavy atom. The zero-order valence-corrected chi connectivity index (χ0v) is 16.3. The highest BCUT2D eigenvalue weighted by atomic mass is 32.2. The lowest BCUT2D eigenvalue weighted by Gasteiger charge is -2.32. The Bertz CT molecular complexity index is 1090. The first kappa shape index (κ1) is 22.7. The molecule has 1 heterocycles. The van der Waals surface area contributed by atoms with Gasteiger partial charge in [-0.3, -0.25) is 4.57 Å². The predicted molar refractivity (Wildman–Crippen MR) is 100 cm³/mol. The van der Waals surface area contributed by atoms with Gasteiger partial charge in [0.1, 0.15) is 0 Å². The standard InChI is InChI=1S/C20H13F6N3OS/c21-19(22,23)18(30,20(24,25)26)15-4-6-16(7-5-15)29-9-8-28-17(29)31-12-14-3-1-2-13(10-14)11-27/h1-10,30H,12H2. The van der Waals surface area contributed by atoms with Crippen molar-refractivity contribution >= 4 is 11.8 Å². The Morgan fingerprint density at radius 3 is 2.23 bits per heavy atom. The number of nitrogens with zero attached hydrogens (tertiary/aromatic N) is 3. The SMILES string of the molecule is N#Cc1cccc(CSc2nccn2-c2ccc(C(O)(C(F)(F)F)C(F)(F)F)cc2)c1. The fourth-order valence-electron chi connectivity index (χ4n) is 2.82. The van der Waals surface area contributed by atoms with Crippen molar-refractivity contribution in [3.8, 4) is 11.8 Å². The van der Waals surface area contributed by atoms with Crippen LogP contribution >= 0.6 is 11.8 Å². The van der Waals surface area contributed by atoms with Gasteiger partial charge >= 0.3 is 12.4 Å². The van der Waals surface area contributed by atoms with Crippen LogP contribution in [0.15, 0.2) is 66.1 Å². The largest absolute Gasteiger partial charge is 0.430 e. The van der Waals surface area contributed by atoms with Gasteiger partial charge in [-0.15, -0.1) is 0 Å². The number of alkyl halides is 6. The molecule has 4 nitrogen and oxygen atoms in total. The lowest BCUT2D eigenvalue weighted by atomic mass is 9.92. The van der Waals surface area contributed by atoms with E-state index < -0.39 is 23.5 Å². The number of imidazole rings is 1. The molecule has 0 atom stereocenters. The molecule has 0 unspecified atom stereocenters. The van der Waals surface area contributed by atoms with Crippen molar-refractivity contribution in [2.24, 2.45) is 0 Å². The Morgan fingerprint density at radius 1 is 1.00 bits per heavy atom. The van der Waals surface area contributed by atoms with Crippen LogP contribution in [0, 0.1) is 11.3 Å². The van der Waals surface area contributed by atoms with Gasteiger partial charge in [0.25, 0.3) is 5.60 Å². The van der Waals surface area contributed by atoms with E-state index in [-0.39, 0.29) is 5.69 Å². The maximum absolute atomic E-state index is 13.0. The van der Waals surface area contributed by atoms with Crippen molar-refractivity contribution in [1.82, 2.24) is 9.55 Å². The van der Waals surface area contributed by atoms with Gasteiger partial charge in [-0.05, 0) is 29.8 Å². The van der Waals surface area contributed by atoms with Crippen LogP contribution in [-0.2, 0) is 11.4 Å². The van der Waals surface area contributed by atoms with Gasteiger partial charge in [-0.1, -0.05) is 36.0 Å². The average Bonchev–Trinajstić information content (AvgIpc) is 3.19. The molecule has 0 saturated heterocycles. The summed E-state index contributed by atoms with van der Waals surface area (Å²) in [7, 11) is 0. The highest BCUT2D eigenvalue weighted by Gasteiger charge is 2.71.